The second-order valence-corrected chi connectivity index (χ2v) is 4.52. The monoisotopic (exact) mass is 224 g/mol. The van der Waals surface area contributed by atoms with Crippen LogP contribution < -0.4 is 5.73 Å². The predicted molar refractivity (Wildman–Crippen MR) is 64.2 cm³/mol. The van der Waals surface area contributed by atoms with Gasteiger partial charge in [-0.1, -0.05) is 13.8 Å². The molecule has 1 rings (SSSR count). The fourth-order valence-electron chi connectivity index (χ4n) is 1.46. The molecule has 1 heterocycles. The van der Waals surface area contributed by atoms with Gasteiger partial charge in [-0.25, -0.2) is 0 Å². The van der Waals surface area contributed by atoms with Crippen molar-refractivity contribution in [1.29, 1.82) is 0 Å². The lowest BCUT2D eigenvalue weighted by Crippen LogP contribution is -2.29. The SMILES string of the molecule is Cc1[nH]nc(N)c1C(=O)N(C)CCC(C)C. The van der Waals surface area contributed by atoms with E-state index < -0.39 is 0 Å². The highest BCUT2D eigenvalue weighted by molar-refractivity contribution is 5.99. The summed E-state index contributed by atoms with van der Waals surface area (Å²) in [5.41, 5.74) is 6.86. The first-order chi connectivity index (χ1) is 7.43. The number of nitrogens with two attached hydrogens (primary N) is 1. The van der Waals surface area contributed by atoms with E-state index in [9.17, 15) is 4.79 Å². The maximum Gasteiger partial charge on any atom is 0.259 e. The van der Waals surface area contributed by atoms with Crippen molar-refractivity contribution < 1.29 is 4.79 Å². The van der Waals surface area contributed by atoms with Gasteiger partial charge in [-0.2, -0.15) is 5.10 Å². The zero-order valence-electron chi connectivity index (χ0n) is 10.4. The molecule has 0 fully saturated rings. The van der Waals surface area contributed by atoms with Crippen molar-refractivity contribution in [2.75, 3.05) is 19.3 Å². The Morgan fingerprint density at radius 2 is 2.19 bits per heavy atom. The molecule has 0 spiro atoms. The van der Waals surface area contributed by atoms with E-state index in [0.29, 0.717) is 11.5 Å². The number of H-pyrrole nitrogens is 1. The van der Waals surface area contributed by atoms with Crippen LogP contribution in [-0.4, -0.2) is 34.6 Å². The van der Waals surface area contributed by atoms with Crippen LogP contribution in [0.5, 0.6) is 0 Å². The first-order valence-electron chi connectivity index (χ1n) is 5.49. The summed E-state index contributed by atoms with van der Waals surface area (Å²) < 4.78 is 0. The number of rotatable bonds is 4. The molecule has 0 aliphatic carbocycles. The standard InChI is InChI=1S/C11H20N4O/c1-7(2)5-6-15(4)11(16)9-8(3)13-14-10(9)12/h7H,5-6H2,1-4H3,(H3,12,13,14). The fourth-order valence-corrected chi connectivity index (χ4v) is 1.46. The average molecular weight is 224 g/mol. The largest absolute Gasteiger partial charge is 0.382 e. The third-order valence-corrected chi connectivity index (χ3v) is 2.58. The Hall–Kier alpha value is -1.52. The summed E-state index contributed by atoms with van der Waals surface area (Å²) in [5.74, 6) is 0.793. The minimum atomic E-state index is -0.0654. The van der Waals surface area contributed by atoms with Gasteiger partial charge in [0.15, 0.2) is 5.82 Å². The summed E-state index contributed by atoms with van der Waals surface area (Å²) in [6.07, 6.45) is 0.985. The highest BCUT2D eigenvalue weighted by Gasteiger charge is 2.19. The van der Waals surface area contributed by atoms with Crippen molar-refractivity contribution in [1.82, 2.24) is 15.1 Å². The Bertz CT molecular complexity index is 351. The maximum absolute atomic E-state index is 12.0. The number of amides is 1. The van der Waals surface area contributed by atoms with Crippen molar-refractivity contribution in [3.05, 3.63) is 11.3 Å². The van der Waals surface area contributed by atoms with Crippen molar-refractivity contribution in [3.63, 3.8) is 0 Å². The van der Waals surface area contributed by atoms with E-state index >= 15 is 0 Å². The molecule has 0 unspecified atom stereocenters. The van der Waals surface area contributed by atoms with Gasteiger partial charge in [-0.3, -0.25) is 9.89 Å². The van der Waals surface area contributed by atoms with Gasteiger partial charge in [-0.15, -0.1) is 0 Å². The number of aromatic nitrogens is 2. The predicted octanol–water partition coefficient (Wildman–Crippen LogP) is 1.42. The lowest BCUT2D eigenvalue weighted by atomic mass is 10.1. The molecule has 1 aromatic rings. The van der Waals surface area contributed by atoms with Crippen molar-refractivity contribution >= 4 is 11.7 Å². The van der Waals surface area contributed by atoms with E-state index in [1.807, 2.05) is 0 Å². The maximum atomic E-state index is 12.0. The normalized spacial score (nSPS) is 10.8. The molecule has 5 nitrogen and oxygen atoms in total. The molecule has 16 heavy (non-hydrogen) atoms. The van der Waals surface area contributed by atoms with Gasteiger partial charge in [-0.05, 0) is 19.3 Å². The van der Waals surface area contributed by atoms with Crippen LogP contribution in [-0.2, 0) is 0 Å². The van der Waals surface area contributed by atoms with E-state index in [1.54, 1.807) is 18.9 Å². The number of carbonyl (C=O) groups is 1. The molecule has 0 saturated heterocycles. The minimum absolute atomic E-state index is 0.0654. The highest BCUT2D eigenvalue weighted by atomic mass is 16.2. The number of carbonyl (C=O) groups excluding carboxylic acids is 1. The number of anilines is 1. The van der Waals surface area contributed by atoms with Crippen LogP contribution in [0.25, 0.3) is 0 Å². The van der Waals surface area contributed by atoms with Crippen LogP contribution in [0.15, 0.2) is 0 Å². The molecule has 3 N–H and O–H groups in total. The number of nitrogen functional groups attached to an aromatic ring is 1. The van der Waals surface area contributed by atoms with Gasteiger partial charge in [0.1, 0.15) is 5.56 Å². The Kier molecular flexibility index (Phi) is 3.93. The van der Waals surface area contributed by atoms with Crippen LogP contribution in [0.3, 0.4) is 0 Å². The quantitative estimate of drug-likeness (QED) is 0.812. The number of hydrogen-bond acceptors (Lipinski definition) is 3. The number of nitrogens with one attached hydrogen (secondary N) is 1. The zero-order chi connectivity index (χ0) is 12.3. The van der Waals surface area contributed by atoms with Gasteiger partial charge < -0.3 is 10.6 Å². The fraction of sp³-hybridized carbons (Fsp3) is 0.636. The third-order valence-electron chi connectivity index (χ3n) is 2.58. The van der Waals surface area contributed by atoms with E-state index in [1.165, 1.54) is 0 Å². The molecule has 0 aliphatic rings. The smallest absolute Gasteiger partial charge is 0.259 e. The second-order valence-electron chi connectivity index (χ2n) is 4.52. The second kappa shape index (κ2) is 5.01. The summed E-state index contributed by atoms with van der Waals surface area (Å²) in [5, 5.41) is 6.54. The van der Waals surface area contributed by atoms with Crippen LogP contribution in [0, 0.1) is 12.8 Å². The lowest BCUT2D eigenvalue weighted by Gasteiger charge is -2.18. The average Bonchev–Trinajstić information content (AvgIpc) is 2.54. The van der Waals surface area contributed by atoms with Crippen molar-refractivity contribution in [3.8, 4) is 0 Å². The molecule has 0 saturated carbocycles. The molecule has 90 valence electrons. The minimum Gasteiger partial charge on any atom is -0.382 e. The Morgan fingerprint density at radius 1 is 1.56 bits per heavy atom. The summed E-state index contributed by atoms with van der Waals surface area (Å²) in [6.45, 7) is 6.80. The number of hydrogen-bond donors (Lipinski definition) is 2. The molecular formula is C11H20N4O. The summed E-state index contributed by atoms with van der Waals surface area (Å²) >= 11 is 0. The van der Waals surface area contributed by atoms with Crippen LogP contribution in [0.2, 0.25) is 0 Å². The first-order valence-corrected chi connectivity index (χ1v) is 5.49. The molecular weight excluding hydrogens is 204 g/mol. The van der Waals surface area contributed by atoms with E-state index in [2.05, 4.69) is 24.0 Å². The third kappa shape index (κ3) is 2.74. The molecule has 1 aromatic heterocycles. The van der Waals surface area contributed by atoms with Gasteiger partial charge in [0.2, 0.25) is 0 Å². The van der Waals surface area contributed by atoms with Crippen LogP contribution >= 0.6 is 0 Å². The zero-order valence-corrected chi connectivity index (χ0v) is 10.4. The van der Waals surface area contributed by atoms with Crippen LogP contribution in [0.4, 0.5) is 5.82 Å². The van der Waals surface area contributed by atoms with Gasteiger partial charge in [0.05, 0.1) is 0 Å². The summed E-state index contributed by atoms with van der Waals surface area (Å²) in [7, 11) is 1.79. The molecule has 0 radical (unpaired) electrons. The molecule has 0 aromatic carbocycles. The highest BCUT2D eigenvalue weighted by Crippen LogP contribution is 2.15. The molecule has 0 aliphatic heterocycles. The molecule has 5 heteroatoms. The Morgan fingerprint density at radius 3 is 2.62 bits per heavy atom. The Balaban J connectivity index is 2.71. The van der Waals surface area contributed by atoms with E-state index in [4.69, 9.17) is 5.73 Å². The van der Waals surface area contributed by atoms with Crippen LogP contribution in [0.1, 0.15) is 36.3 Å². The topological polar surface area (TPSA) is 75.0 Å². The van der Waals surface area contributed by atoms with Gasteiger partial charge >= 0.3 is 0 Å². The molecule has 1 amide bonds. The summed E-state index contributed by atoms with van der Waals surface area (Å²) in [6, 6.07) is 0. The number of nitrogens with zero attached hydrogens (tertiary/aromatic N) is 2. The number of aromatic amines is 1. The molecule has 0 atom stereocenters. The van der Waals surface area contributed by atoms with Crippen molar-refractivity contribution in [2.24, 2.45) is 5.92 Å². The van der Waals surface area contributed by atoms with E-state index in [0.717, 1.165) is 18.7 Å². The van der Waals surface area contributed by atoms with Gasteiger partial charge in [0, 0.05) is 19.3 Å². The first kappa shape index (κ1) is 12.5. The molecule has 0 bridgehead atoms. The summed E-state index contributed by atoms with van der Waals surface area (Å²) in [4.78, 5) is 13.7. The Labute approximate surface area is 96.0 Å². The lowest BCUT2D eigenvalue weighted by molar-refractivity contribution is 0.0789. The van der Waals surface area contributed by atoms with Crippen molar-refractivity contribution in [2.45, 2.75) is 27.2 Å². The number of aryl methyl sites for hydroxylation is 1. The van der Waals surface area contributed by atoms with E-state index in [-0.39, 0.29) is 11.7 Å². The van der Waals surface area contributed by atoms with Gasteiger partial charge in [0.25, 0.3) is 5.91 Å².